The van der Waals surface area contributed by atoms with Gasteiger partial charge in [-0.25, -0.2) is 8.42 Å². The molecule has 8 heavy (non-hydrogen) atoms. The van der Waals surface area contributed by atoms with Crippen molar-refractivity contribution in [3.8, 4) is 0 Å². The molecule has 0 aliphatic heterocycles. The number of hydrogen-bond acceptors (Lipinski definition) is 2. The summed E-state index contributed by atoms with van der Waals surface area (Å²) in [6, 6.07) is 0. The molecule has 0 bridgehead atoms. The second-order valence-electron chi connectivity index (χ2n) is 1.77. The highest BCUT2D eigenvalue weighted by molar-refractivity contribution is 7.91. The molecule has 0 aromatic rings. The van der Waals surface area contributed by atoms with Gasteiger partial charge in [0.15, 0.2) is 9.84 Å². The Balaban J connectivity index is 4.26. The molecule has 0 fully saturated rings. The number of sulfone groups is 1. The van der Waals surface area contributed by atoms with Gasteiger partial charge in [-0.2, -0.15) is 0 Å². The smallest absolute Gasteiger partial charge is 0.153 e. The average molecular weight is 134 g/mol. The van der Waals surface area contributed by atoms with Crippen molar-refractivity contribution in [3.63, 3.8) is 0 Å². The highest BCUT2D eigenvalue weighted by Gasteiger charge is 2.08. The molecule has 0 N–H and O–H groups in total. The fourth-order valence-corrected chi connectivity index (χ4v) is 0.524. The summed E-state index contributed by atoms with van der Waals surface area (Å²) in [5, 5.41) is -0.414. The maximum Gasteiger partial charge on any atom is 0.153 e. The van der Waals surface area contributed by atoms with E-state index in [2.05, 4.69) is 6.58 Å². The maximum absolute atomic E-state index is 10.5. The summed E-state index contributed by atoms with van der Waals surface area (Å²) >= 11 is 0. The van der Waals surface area contributed by atoms with Crippen molar-refractivity contribution in [1.29, 1.82) is 0 Å². The standard InChI is InChI=1S/C5H10O2S/c1-4-5(2)8(3,6)7/h4-5H,1H2,2-3H3. The van der Waals surface area contributed by atoms with E-state index in [1.165, 1.54) is 12.3 Å². The predicted molar refractivity (Wildman–Crippen MR) is 34.5 cm³/mol. The van der Waals surface area contributed by atoms with Crippen molar-refractivity contribution < 1.29 is 8.42 Å². The van der Waals surface area contributed by atoms with E-state index in [1.807, 2.05) is 0 Å². The lowest BCUT2D eigenvalue weighted by Crippen LogP contribution is -2.11. The zero-order chi connectivity index (χ0) is 6.78. The minimum atomic E-state index is -2.87. The Morgan fingerprint density at radius 3 is 2.00 bits per heavy atom. The van der Waals surface area contributed by atoms with Crippen LogP contribution in [0.25, 0.3) is 0 Å². The zero-order valence-electron chi connectivity index (χ0n) is 5.09. The van der Waals surface area contributed by atoms with E-state index in [4.69, 9.17) is 0 Å². The number of hydrogen-bond donors (Lipinski definition) is 0. The van der Waals surface area contributed by atoms with Gasteiger partial charge < -0.3 is 0 Å². The van der Waals surface area contributed by atoms with Crippen molar-refractivity contribution in [1.82, 2.24) is 0 Å². The summed E-state index contributed by atoms with van der Waals surface area (Å²) in [6.45, 7) is 4.95. The normalized spacial score (nSPS) is 15.2. The van der Waals surface area contributed by atoms with E-state index in [-0.39, 0.29) is 0 Å². The van der Waals surface area contributed by atoms with E-state index in [9.17, 15) is 8.42 Å². The highest BCUT2D eigenvalue weighted by Crippen LogP contribution is 1.96. The molecule has 0 heterocycles. The van der Waals surface area contributed by atoms with Gasteiger partial charge >= 0.3 is 0 Å². The fraction of sp³-hybridized carbons (Fsp3) is 0.600. The minimum Gasteiger partial charge on any atom is -0.229 e. The van der Waals surface area contributed by atoms with Crippen molar-refractivity contribution >= 4 is 9.84 Å². The Morgan fingerprint density at radius 2 is 2.00 bits per heavy atom. The van der Waals surface area contributed by atoms with Crippen LogP contribution in [0, 0.1) is 0 Å². The Kier molecular flexibility index (Phi) is 2.22. The van der Waals surface area contributed by atoms with E-state index in [0.29, 0.717) is 0 Å². The quantitative estimate of drug-likeness (QED) is 0.518. The first kappa shape index (κ1) is 7.69. The van der Waals surface area contributed by atoms with E-state index in [1.54, 1.807) is 6.92 Å². The molecule has 0 spiro atoms. The third-order valence-corrected chi connectivity index (χ3v) is 2.55. The van der Waals surface area contributed by atoms with E-state index in [0.717, 1.165) is 0 Å². The molecule has 0 aliphatic carbocycles. The SMILES string of the molecule is C=CC(C)S(C)(=O)=O. The van der Waals surface area contributed by atoms with Crippen molar-refractivity contribution in [3.05, 3.63) is 12.7 Å². The molecular weight excluding hydrogens is 124 g/mol. The molecule has 0 amide bonds. The minimum absolute atomic E-state index is 0.414. The molecule has 0 aromatic heterocycles. The third kappa shape index (κ3) is 2.12. The average Bonchev–Trinajstić information content (AvgIpc) is 1.62. The molecular formula is C5H10O2S. The largest absolute Gasteiger partial charge is 0.229 e. The highest BCUT2D eigenvalue weighted by atomic mass is 32.2. The molecule has 3 heteroatoms. The van der Waals surface area contributed by atoms with Crippen LogP contribution in [-0.4, -0.2) is 19.9 Å². The lowest BCUT2D eigenvalue weighted by atomic mass is 10.5. The Labute approximate surface area is 50.1 Å². The molecule has 0 aliphatic rings. The summed E-state index contributed by atoms with van der Waals surface area (Å²) in [6.07, 6.45) is 2.61. The van der Waals surface area contributed by atoms with E-state index < -0.39 is 15.1 Å². The van der Waals surface area contributed by atoms with Crippen LogP contribution in [0.5, 0.6) is 0 Å². The van der Waals surface area contributed by atoms with Crippen LogP contribution in [0.3, 0.4) is 0 Å². The summed E-state index contributed by atoms with van der Waals surface area (Å²) in [5.41, 5.74) is 0. The lowest BCUT2D eigenvalue weighted by Gasteiger charge is -1.98. The summed E-state index contributed by atoms with van der Waals surface area (Å²) in [5.74, 6) is 0. The summed E-state index contributed by atoms with van der Waals surface area (Å²) < 4.78 is 21.0. The number of rotatable bonds is 2. The summed E-state index contributed by atoms with van der Waals surface area (Å²) in [4.78, 5) is 0. The Hall–Kier alpha value is -0.310. The monoisotopic (exact) mass is 134 g/mol. The molecule has 0 aromatic carbocycles. The first-order valence-corrected chi connectivity index (χ1v) is 4.25. The van der Waals surface area contributed by atoms with Gasteiger partial charge in [-0.3, -0.25) is 0 Å². The Morgan fingerprint density at radius 1 is 1.62 bits per heavy atom. The van der Waals surface area contributed by atoms with E-state index >= 15 is 0 Å². The second-order valence-corrected chi connectivity index (χ2v) is 4.17. The lowest BCUT2D eigenvalue weighted by molar-refractivity contribution is 0.597. The van der Waals surface area contributed by atoms with Gasteiger partial charge in [0, 0.05) is 6.26 Å². The third-order valence-electron chi connectivity index (χ3n) is 1.01. The van der Waals surface area contributed by atoms with Gasteiger partial charge in [0.05, 0.1) is 5.25 Å². The Bertz CT molecular complexity index is 167. The van der Waals surface area contributed by atoms with Crippen LogP contribution in [-0.2, 0) is 9.84 Å². The molecule has 48 valence electrons. The zero-order valence-corrected chi connectivity index (χ0v) is 5.90. The summed E-state index contributed by atoms with van der Waals surface area (Å²) in [7, 11) is -2.87. The van der Waals surface area contributed by atoms with Crippen molar-refractivity contribution in [2.45, 2.75) is 12.2 Å². The van der Waals surface area contributed by atoms with Crippen LogP contribution >= 0.6 is 0 Å². The molecule has 0 rings (SSSR count). The molecule has 1 unspecified atom stereocenters. The van der Waals surface area contributed by atoms with Gasteiger partial charge in [0.1, 0.15) is 0 Å². The van der Waals surface area contributed by atoms with Crippen LogP contribution < -0.4 is 0 Å². The molecule has 0 saturated heterocycles. The van der Waals surface area contributed by atoms with Crippen LogP contribution in [0.15, 0.2) is 12.7 Å². The van der Waals surface area contributed by atoms with Gasteiger partial charge in [-0.1, -0.05) is 6.08 Å². The topological polar surface area (TPSA) is 34.1 Å². The van der Waals surface area contributed by atoms with Gasteiger partial charge in [-0.15, -0.1) is 6.58 Å². The molecule has 0 radical (unpaired) electrons. The first-order chi connectivity index (χ1) is 3.48. The fourth-order valence-electron chi connectivity index (χ4n) is 0.175. The van der Waals surface area contributed by atoms with Crippen LogP contribution in [0.4, 0.5) is 0 Å². The van der Waals surface area contributed by atoms with Gasteiger partial charge in [0.25, 0.3) is 0 Å². The molecule has 0 saturated carbocycles. The predicted octanol–water partition coefficient (Wildman–Crippen LogP) is 0.606. The van der Waals surface area contributed by atoms with Gasteiger partial charge in [-0.05, 0) is 6.92 Å². The van der Waals surface area contributed by atoms with Crippen LogP contribution in [0.2, 0.25) is 0 Å². The van der Waals surface area contributed by atoms with Gasteiger partial charge in [0.2, 0.25) is 0 Å². The molecule has 2 nitrogen and oxygen atoms in total. The first-order valence-electron chi connectivity index (χ1n) is 2.30. The maximum atomic E-state index is 10.5. The van der Waals surface area contributed by atoms with Crippen LogP contribution in [0.1, 0.15) is 6.92 Å². The van der Waals surface area contributed by atoms with Crippen molar-refractivity contribution in [2.75, 3.05) is 6.26 Å². The van der Waals surface area contributed by atoms with Crippen molar-refractivity contribution in [2.24, 2.45) is 0 Å². The molecule has 1 atom stereocenters. The second kappa shape index (κ2) is 2.31.